The average molecular weight is 508 g/mol. The SMILES string of the molecule is Cn1c(-c2cc3ccccc3n2Cc2ccccc2)nc2cc(C(=O)N3CCCC(OC(N)=O)C3)ccc21. The first-order chi connectivity index (χ1) is 18.5. The molecule has 8 nitrogen and oxygen atoms in total. The highest BCUT2D eigenvalue weighted by molar-refractivity contribution is 5.98. The number of primary amides is 1. The fraction of sp³-hybridized carbons (Fsp3) is 0.233. The Hall–Kier alpha value is -4.59. The van der Waals surface area contributed by atoms with E-state index in [4.69, 9.17) is 15.5 Å². The fourth-order valence-corrected chi connectivity index (χ4v) is 5.46. The van der Waals surface area contributed by atoms with Gasteiger partial charge in [0.15, 0.2) is 5.82 Å². The van der Waals surface area contributed by atoms with E-state index in [0.29, 0.717) is 25.1 Å². The summed E-state index contributed by atoms with van der Waals surface area (Å²) in [5, 5.41) is 1.15. The Kier molecular flexibility index (Phi) is 6.07. The van der Waals surface area contributed by atoms with Crippen LogP contribution < -0.4 is 5.73 Å². The Bertz CT molecular complexity index is 1650. The standard InChI is InChI=1S/C30H29N5O3/c1-33-26-14-13-22(29(36)34-15-7-11-23(19-34)38-30(31)37)16-24(26)32-28(33)27-17-21-10-5-6-12-25(21)35(27)18-20-8-3-2-4-9-20/h2-6,8-10,12-14,16-17,23H,7,11,15,18-19H2,1H3,(H2,31,37). The van der Waals surface area contributed by atoms with E-state index in [1.165, 1.54) is 5.56 Å². The van der Waals surface area contributed by atoms with Gasteiger partial charge in [0.2, 0.25) is 0 Å². The molecule has 2 aromatic heterocycles. The van der Waals surface area contributed by atoms with Crippen LogP contribution in [0.3, 0.4) is 0 Å². The largest absolute Gasteiger partial charge is 0.445 e. The van der Waals surface area contributed by atoms with Crippen molar-refractivity contribution in [2.45, 2.75) is 25.5 Å². The van der Waals surface area contributed by atoms with Crippen molar-refractivity contribution < 1.29 is 14.3 Å². The van der Waals surface area contributed by atoms with Crippen molar-refractivity contribution in [1.29, 1.82) is 0 Å². The number of piperidine rings is 1. The van der Waals surface area contributed by atoms with Gasteiger partial charge in [0.25, 0.3) is 5.91 Å². The number of imidazole rings is 1. The molecule has 1 unspecified atom stereocenters. The Morgan fingerprint density at radius 3 is 2.61 bits per heavy atom. The number of benzene rings is 3. The molecule has 192 valence electrons. The van der Waals surface area contributed by atoms with Crippen LogP contribution in [0.25, 0.3) is 33.5 Å². The molecular formula is C30H29N5O3. The summed E-state index contributed by atoms with van der Waals surface area (Å²) in [4.78, 5) is 31.2. The van der Waals surface area contributed by atoms with Crippen LogP contribution in [0.15, 0.2) is 78.9 Å². The zero-order chi connectivity index (χ0) is 26.2. The van der Waals surface area contributed by atoms with Crippen molar-refractivity contribution in [3.63, 3.8) is 0 Å². The first-order valence-corrected chi connectivity index (χ1v) is 12.8. The van der Waals surface area contributed by atoms with Gasteiger partial charge in [-0.15, -0.1) is 0 Å². The summed E-state index contributed by atoms with van der Waals surface area (Å²) in [6, 6.07) is 26.6. The molecule has 0 spiro atoms. The lowest BCUT2D eigenvalue weighted by Gasteiger charge is -2.32. The van der Waals surface area contributed by atoms with Gasteiger partial charge < -0.3 is 24.5 Å². The number of fused-ring (bicyclic) bond motifs is 2. The topological polar surface area (TPSA) is 95.4 Å². The first-order valence-electron chi connectivity index (χ1n) is 12.8. The molecule has 1 aliphatic heterocycles. The lowest BCUT2D eigenvalue weighted by atomic mass is 10.1. The Morgan fingerprint density at radius 2 is 1.79 bits per heavy atom. The molecule has 1 atom stereocenters. The third-order valence-corrected chi connectivity index (χ3v) is 7.30. The van der Waals surface area contributed by atoms with Crippen LogP contribution in [-0.4, -0.2) is 50.2 Å². The number of carbonyl (C=O) groups is 2. The molecular weight excluding hydrogens is 478 g/mol. The smallest absolute Gasteiger partial charge is 0.404 e. The van der Waals surface area contributed by atoms with Gasteiger partial charge in [-0.05, 0) is 48.7 Å². The van der Waals surface area contributed by atoms with E-state index >= 15 is 0 Å². The minimum Gasteiger partial charge on any atom is -0.445 e. The predicted octanol–water partition coefficient (Wildman–Crippen LogP) is 4.94. The molecule has 1 fully saturated rings. The van der Waals surface area contributed by atoms with Crippen LogP contribution in [0.4, 0.5) is 4.79 Å². The summed E-state index contributed by atoms with van der Waals surface area (Å²) in [5.74, 6) is 0.736. The van der Waals surface area contributed by atoms with Crippen molar-refractivity contribution in [2.24, 2.45) is 12.8 Å². The second-order valence-corrected chi connectivity index (χ2v) is 9.81. The molecule has 6 rings (SSSR count). The summed E-state index contributed by atoms with van der Waals surface area (Å²) in [5.41, 5.74) is 10.8. The van der Waals surface area contributed by atoms with Gasteiger partial charge in [-0.2, -0.15) is 0 Å². The number of ether oxygens (including phenoxy) is 1. The number of aryl methyl sites for hydroxylation is 1. The molecule has 0 bridgehead atoms. The predicted molar refractivity (Wildman–Crippen MR) is 147 cm³/mol. The third kappa shape index (κ3) is 4.38. The van der Waals surface area contributed by atoms with Crippen LogP contribution in [-0.2, 0) is 18.3 Å². The summed E-state index contributed by atoms with van der Waals surface area (Å²) >= 11 is 0. The summed E-state index contributed by atoms with van der Waals surface area (Å²) in [6.45, 7) is 1.68. The van der Waals surface area contributed by atoms with Gasteiger partial charge in [0.05, 0.1) is 23.3 Å². The number of hydrogen-bond acceptors (Lipinski definition) is 4. The van der Waals surface area contributed by atoms with Gasteiger partial charge in [-0.25, -0.2) is 9.78 Å². The van der Waals surface area contributed by atoms with Gasteiger partial charge in [0, 0.05) is 36.6 Å². The molecule has 1 saturated heterocycles. The highest BCUT2D eigenvalue weighted by atomic mass is 16.6. The lowest BCUT2D eigenvalue weighted by Crippen LogP contribution is -2.44. The molecule has 38 heavy (non-hydrogen) atoms. The van der Waals surface area contributed by atoms with E-state index in [2.05, 4.69) is 57.7 Å². The number of likely N-dealkylation sites (tertiary alicyclic amines) is 1. The second kappa shape index (κ2) is 9.70. The molecule has 2 N–H and O–H groups in total. The van der Waals surface area contributed by atoms with Crippen molar-refractivity contribution in [2.75, 3.05) is 13.1 Å². The number of para-hydroxylation sites is 1. The van der Waals surface area contributed by atoms with Crippen LogP contribution >= 0.6 is 0 Å². The molecule has 0 radical (unpaired) electrons. The van der Waals surface area contributed by atoms with Crippen LogP contribution in [0.5, 0.6) is 0 Å². The van der Waals surface area contributed by atoms with Crippen LogP contribution in [0.2, 0.25) is 0 Å². The van der Waals surface area contributed by atoms with Crippen molar-refractivity contribution in [3.8, 4) is 11.5 Å². The quantitative estimate of drug-likeness (QED) is 0.364. The zero-order valence-corrected chi connectivity index (χ0v) is 21.2. The summed E-state index contributed by atoms with van der Waals surface area (Å²) in [6.07, 6.45) is 0.274. The number of carbonyl (C=O) groups excluding carboxylic acids is 2. The third-order valence-electron chi connectivity index (χ3n) is 7.30. The summed E-state index contributed by atoms with van der Waals surface area (Å²) < 4.78 is 9.53. The Morgan fingerprint density at radius 1 is 1.00 bits per heavy atom. The van der Waals surface area contributed by atoms with Crippen molar-refractivity contribution in [3.05, 3.63) is 90.0 Å². The normalized spacial score (nSPS) is 15.7. The summed E-state index contributed by atoms with van der Waals surface area (Å²) in [7, 11) is 2.01. The molecule has 5 aromatic rings. The average Bonchev–Trinajstić information content (AvgIpc) is 3.45. The van der Waals surface area contributed by atoms with E-state index in [1.807, 2.05) is 37.4 Å². The van der Waals surface area contributed by atoms with Crippen molar-refractivity contribution in [1.82, 2.24) is 19.0 Å². The van der Waals surface area contributed by atoms with E-state index in [-0.39, 0.29) is 12.0 Å². The Labute approximate surface area is 220 Å². The monoisotopic (exact) mass is 507 g/mol. The zero-order valence-electron chi connectivity index (χ0n) is 21.2. The van der Waals surface area contributed by atoms with Gasteiger partial charge in [-0.3, -0.25) is 4.79 Å². The minimum atomic E-state index is -0.809. The maximum absolute atomic E-state index is 13.3. The highest BCUT2D eigenvalue weighted by Gasteiger charge is 2.27. The van der Waals surface area contributed by atoms with Crippen molar-refractivity contribution >= 4 is 33.9 Å². The highest BCUT2D eigenvalue weighted by Crippen LogP contribution is 2.31. The molecule has 2 amide bonds. The van der Waals surface area contributed by atoms with Gasteiger partial charge in [-0.1, -0.05) is 48.5 Å². The number of rotatable bonds is 5. The maximum atomic E-state index is 13.3. The molecule has 0 saturated carbocycles. The molecule has 3 heterocycles. The van der Waals surface area contributed by atoms with E-state index in [1.54, 1.807) is 4.90 Å². The minimum absolute atomic E-state index is 0.102. The molecule has 1 aliphatic rings. The Balaban J connectivity index is 1.37. The van der Waals surface area contributed by atoms with Gasteiger partial charge >= 0.3 is 6.09 Å². The van der Waals surface area contributed by atoms with Crippen LogP contribution in [0, 0.1) is 0 Å². The maximum Gasteiger partial charge on any atom is 0.404 e. The lowest BCUT2D eigenvalue weighted by molar-refractivity contribution is 0.0373. The first kappa shape index (κ1) is 23.8. The molecule has 3 aromatic carbocycles. The van der Waals surface area contributed by atoms with E-state index < -0.39 is 6.09 Å². The number of aromatic nitrogens is 3. The molecule has 8 heteroatoms. The number of amides is 2. The number of nitrogens with two attached hydrogens (primary N) is 1. The number of nitrogens with zero attached hydrogens (tertiary/aromatic N) is 4. The fourth-order valence-electron chi connectivity index (χ4n) is 5.46. The number of hydrogen-bond donors (Lipinski definition) is 1. The second-order valence-electron chi connectivity index (χ2n) is 9.81. The molecule has 0 aliphatic carbocycles. The van der Waals surface area contributed by atoms with Gasteiger partial charge in [0.1, 0.15) is 6.10 Å². The van der Waals surface area contributed by atoms with E-state index in [0.717, 1.165) is 46.4 Å². The van der Waals surface area contributed by atoms with Crippen LogP contribution in [0.1, 0.15) is 28.8 Å². The van der Waals surface area contributed by atoms with E-state index in [9.17, 15) is 9.59 Å².